The molecule has 18 heavy (non-hydrogen) atoms. The van der Waals surface area contributed by atoms with Crippen molar-refractivity contribution in [3.8, 4) is 0 Å². The van der Waals surface area contributed by atoms with Gasteiger partial charge >= 0.3 is 0 Å². The third-order valence-corrected chi connectivity index (χ3v) is 3.72. The number of likely N-dealkylation sites (tertiary alicyclic amines) is 1. The van der Waals surface area contributed by atoms with E-state index in [2.05, 4.69) is 0 Å². The lowest BCUT2D eigenvalue weighted by Crippen LogP contribution is -2.30. The molecule has 1 amide bonds. The van der Waals surface area contributed by atoms with E-state index >= 15 is 0 Å². The highest BCUT2D eigenvalue weighted by atomic mass is 16.3. The number of hydrogen-bond acceptors (Lipinski definition) is 3. The van der Waals surface area contributed by atoms with E-state index in [4.69, 9.17) is 5.73 Å². The lowest BCUT2D eigenvalue weighted by atomic mass is 10.0. The number of benzene rings is 1. The number of carbonyl (C=O) groups excluding carboxylic acids is 1. The Bertz CT molecular complexity index is 457. The second-order valence-corrected chi connectivity index (χ2v) is 5.11. The highest BCUT2D eigenvalue weighted by Gasteiger charge is 2.29. The first-order valence-corrected chi connectivity index (χ1v) is 6.32. The standard InChI is InChI=1S/C14H20N2O2/c1-9-3-4-11(7-13(9)15)14(18)16-6-5-12(8-16)10(2)17/h3-4,7,10,12,17H,5-6,8,15H2,1-2H3. The minimum absolute atomic E-state index is 0.00449. The Balaban J connectivity index is 2.10. The zero-order valence-electron chi connectivity index (χ0n) is 10.9. The van der Waals surface area contributed by atoms with Crippen LogP contribution in [0.25, 0.3) is 0 Å². The number of nitrogen functional groups attached to an aromatic ring is 1. The fourth-order valence-corrected chi connectivity index (χ4v) is 2.32. The van der Waals surface area contributed by atoms with Crippen LogP contribution in [0.1, 0.15) is 29.3 Å². The molecule has 2 atom stereocenters. The topological polar surface area (TPSA) is 66.6 Å². The van der Waals surface area contributed by atoms with Crippen LogP contribution in [-0.4, -0.2) is 35.1 Å². The smallest absolute Gasteiger partial charge is 0.253 e. The van der Waals surface area contributed by atoms with E-state index in [0.717, 1.165) is 12.0 Å². The summed E-state index contributed by atoms with van der Waals surface area (Å²) in [6, 6.07) is 5.40. The van der Waals surface area contributed by atoms with Gasteiger partial charge in [-0.3, -0.25) is 4.79 Å². The van der Waals surface area contributed by atoms with Crippen molar-refractivity contribution in [1.82, 2.24) is 4.90 Å². The first-order valence-electron chi connectivity index (χ1n) is 6.32. The van der Waals surface area contributed by atoms with Gasteiger partial charge in [0.05, 0.1) is 6.10 Å². The van der Waals surface area contributed by atoms with Gasteiger partial charge in [-0.2, -0.15) is 0 Å². The van der Waals surface area contributed by atoms with Crippen molar-refractivity contribution in [1.29, 1.82) is 0 Å². The van der Waals surface area contributed by atoms with E-state index < -0.39 is 0 Å². The number of nitrogens with zero attached hydrogens (tertiary/aromatic N) is 1. The van der Waals surface area contributed by atoms with Gasteiger partial charge in [-0.25, -0.2) is 0 Å². The van der Waals surface area contributed by atoms with Gasteiger partial charge in [-0.05, 0) is 38.0 Å². The molecular formula is C14H20N2O2. The Kier molecular flexibility index (Phi) is 3.57. The summed E-state index contributed by atoms with van der Waals surface area (Å²) >= 11 is 0. The first kappa shape index (κ1) is 12.9. The molecule has 1 fully saturated rings. The van der Waals surface area contributed by atoms with E-state index in [1.165, 1.54) is 0 Å². The highest BCUT2D eigenvalue weighted by molar-refractivity contribution is 5.95. The molecule has 0 aliphatic carbocycles. The Morgan fingerprint density at radius 2 is 2.28 bits per heavy atom. The summed E-state index contributed by atoms with van der Waals surface area (Å²) in [5.74, 6) is 0.196. The molecule has 2 rings (SSSR count). The first-order chi connectivity index (χ1) is 8.49. The maximum absolute atomic E-state index is 12.3. The average molecular weight is 248 g/mol. The summed E-state index contributed by atoms with van der Waals surface area (Å²) in [4.78, 5) is 14.1. The van der Waals surface area contributed by atoms with Crippen molar-refractivity contribution in [3.05, 3.63) is 29.3 Å². The van der Waals surface area contributed by atoms with Gasteiger partial charge in [0.1, 0.15) is 0 Å². The maximum atomic E-state index is 12.3. The van der Waals surface area contributed by atoms with Crippen LogP contribution in [0.2, 0.25) is 0 Å². The van der Waals surface area contributed by atoms with E-state index in [1.807, 2.05) is 19.1 Å². The molecule has 2 unspecified atom stereocenters. The Morgan fingerprint density at radius 3 is 2.83 bits per heavy atom. The number of aliphatic hydroxyl groups excluding tert-OH is 1. The fraction of sp³-hybridized carbons (Fsp3) is 0.500. The molecule has 98 valence electrons. The molecule has 0 aromatic heterocycles. The van der Waals surface area contributed by atoms with Crippen LogP contribution in [0.4, 0.5) is 5.69 Å². The third-order valence-electron chi connectivity index (χ3n) is 3.72. The van der Waals surface area contributed by atoms with Gasteiger partial charge < -0.3 is 15.7 Å². The molecular weight excluding hydrogens is 228 g/mol. The van der Waals surface area contributed by atoms with Crippen LogP contribution < -0.4 is 5.73 Å². The molecule has 1 saturated heterocycles. The molecule has 1 aromatic rings. The normalized spacial score (nSPS) is 21.1. The van der Waals surface area contributed by atoms with Crippen molar-refractivity contribution >= 4 is 11.6 Å². The Hall–Kier alpha value is -1.55. The van der Waals surface area contributed by atoms with Crippen molar-refractivity contribution in [2.45, 2.75) is 26.4 Å². The predicted octanol–water partition coefficient (Wildman–Crippen LogP) is 1.42. The second kappa shape index (κ2) is 4.98. The molecule has 0 saturated carbocycles. The van der Waals surface area contributed by atoms with Gasteiger partial charge in [0.15, 0.2) is 0 Å². The number of amides is 1. The molecule has 3 N–H and O–H groups in total. The molecule has 1 heterocycles. The summed E-state index contributed by atoms with van der Waals surface area (Å²) in [6.07, 6.45) is 0.510. The molecule has 4 heteroatoms. The largest absolute Gasteiger partial charge is 0.398 e. The maximum Gasteiger partial charge on any atom is 0.253 e. The monoisotopic (exact) mass is 248 g/mol. The highest BCUT2D eigenvalue weighted by Crippen LogP contribution is 2.22. The number of hydrogen-bond donors (Lipinski definition) is 2. The lowest BCUT2D eigenvalue weighted by molar-refractivity contribution is 0.0762. The van der Waals surface area contributed by atoms with Crippen LogP contribution in [0.15, 0.2) is 18.2 Å². The summed E-state index contributed by atoms with van der Waals surface area (Å²) in [5, 5.41) is 9.54. The number of anilines is 1. The molecule has 0 radical (unpaired) electrons. The molecule has 0 spiro atoms. The number of aryl methyl sites for hydroxylation is 1. The second-order valence-electron chi connectivity index (χ2n) is 5.11. The van der Waals surface area contributed by atoms with Crippen molar-refractivity contribution in [2.24, 2.45) is 5.92 Å². The van der Waals surface area contributed by atoms with Crippen LogP contribution in [0, 0.1) is 12.8 Å². The fourth-order valence-electron chi connectivity index (χ4n) is 2.32. The van der Waals surface area contributed by atoms with Gasteiger partial charge in [0.2, 0.25) is 0 Å². The van der Waals surface area contributed by atoms with E-state index in [-0.39, 0.29) is 17.9 Å². The van der Waals surface area contributed by atoms with Gasteiger partial charge in [-0.15, -0.1) is 0 Å². The van der Waals surface area contributed by atoms with Gasteiger partial charge in [-0.1, -0.05) is 6.07 Å². The zero-order chi connectivity index (χ0) is 13.3. The number of nitrogens with two attached hydrogens (primary N) is 1. The van der Waals surface area contributed by atoms with E-state index in [0.29, 0.717) is 24.3 Å². The van der Waals surface area contributed by atoms with Crippen LogP contribution in [0.3, 0.4) is 0 Å². The molecule has 1 aliphatic rings. The number of aliphatic hydroxyl groups is 1. The quantitative estimate of drug-likeness (QED) is 0.778. The van der Waals surface area contributed by atoms with Crippen molar-refractivity contribution in [3.63, 3.8) is 0 Å². The van der Waals surface area contributed by atoms with Gasteiger partial charge in [0.25, 0.3) is 5.91 Å². The third kappa shape index (κ3) is 2.48. The Morgan fingerprint density at radius 1 is 1.56 bits per heavy atom. The predicted molar refractivity (Wildman–Crippen MR) is 71.3 cm³/mol. The summed E-state index contributed by atoms with van der Waals surface area (Å²) in [6.45, 7) is 5.04. The average Bonchev–Trinajstić information content (AvgIpc) is 2.81. The molecule has 0 bridgehead atoms. The lowest BCUT2D eigenvalue weighted by Gasteiger charge is -2.18. The number of rotatable bonds is 2. The number of carbonyl (C=O) groups is 1. The van der Waals surface area contributed by atoms with Crippen molar-refractivity contribution in [2.75, 3.05) is 18.8 Å². The summed E-state index contributed by atoms with van der Waals surface area (Å²) in [5.41, 5.74) is 8.08. The van der Waals surface area contributed by atoms with E-state index in [9.17, 15) is 9.90 Å². The minimum Gasteiger partial charge on any atom is -0.398 e. The zero-order valence-corrected chi connectivity index (χ0v) is 10.9. The van der Waals surface area contributed by atoms with Gasteiger partial charge in [0, 0.05) is 30.3 Å². The van der Waals surface area contributed by atoms with Crippen LogP contribution in [-0.2, 0) is 0 Å². The van der Waals surface area contributed by atoms with E-state index in [1.54, 1.807) is 17.9 Å². The SMILES string of the molecule is Cc1ccc(C(=O)N2CCC(C(C)O)C2)cc1N. The summed E-state index contributed by atoms with van der Waals surface area (Å²) < 4.78 is 0. The molecule has 1 aromatic carbocycles. The molecule has 1 aliphatic heterocycles. The van der Waals surface area contributed by atoms with Crippen LogP contribution >= 0.6 is 0 Å². The van der Waals surface area contributed by atoms with Crippen molar-refractivity contribution < 1.29 is 9.90 Å². The minimum atomic E-state index is -0.356. The molecule has 4 nitrogen and oxygen atoms in total. The Labute approximate surface area is 107 Å². The summed E-state index contributed by atoms with van der Waals surface area (Å²) in [7, 11) is 0. The van der Waals surface area contributed by atoms with Crippen LogP contribution in [0.5, 0.6) is 0 Å².